The Hall–Kier alpha value is -1.76. The second-order valence-corrected chi connectivity index (χ2v) is 10.2. The van der Waals surface area contributed by atoms with Gasteiger partial charge in [-0.25, -0.2) is 0 Å². The van der Waals surface area contributed by atoms with Crippen LogP contribution < -0.4 is 5.32 Å². The molecular weight excluding hydrogens is 362 g/mol. The molecule has 0 aromatic rings. The van der Waals surface area contributed by atoms with Crippen LogP contribution in [0.25, 0.3) is 0 Å². The fraction of sp³-hybridized carbons (Fsp3) is 0.586. The van der Waals surface area contributed by atoms with Crippen molar-refractivity contribution in [1.82, 2.24) is 5.32 Å². The lowest BCUT2D eigenvalue weighted by atomic mass is 9.71. The van der Waals surface area contributed by atoms with Crippen LogP contribution in [0.4, 0.5) is 0 Å². The molecule has 0 saturated heterocycles. The van der Waals surface area contributed by atoms with Crippen molar-refractivity contribution in [2.24, 2.45) is 10.8 Å². The molecule has 0 aromatic heterocycles. The fourth-order valence-corrected chi connectivity index (χ4v) is 4.48. The van der Waals surface area contributed by atoms with Crippen LogP contribution >= 0.6 is 0 Å². The summed E-state index contributed by atoms with van der Waals surface area (Å²) < 4.78 is 0. The SMILES string of the molecule is C=C/C=C(\C)C(=C)CCC(C)(C)CC(=C)C1=C(C)C(=C)NCC(CC)(CCCC)C1. The van der Waals surface area contributed by atoms with Gasteiger partial charge >= 0.3 is 0 Å². The molecule has 1 heteroatoms. The van der Waals surface area contributed by atoms with Crippen LogP contribution in [0.5, 0.6) is 0 Å². The van der Waals surface area contributed by atoms with Gasteiger partial charge in [0.1, 0.15) is 0 Å². The van der Waals surface area contributed by atoms with E-state index in [-0.39, 0.29) is 5.41 Å². The minimum atomic E-state index is 0.182. The first-order chi connectivity index (χ1) is 14.0. The van der Waals surface area contributed by atoms with Crippen molar-refractivity contribution in [3.8, 4) is 0 Å². The Morgan fingerprint density at radius 2 is 1.90 bits per heavy atom. The number of hydrogen-bond acceptors (Lipinski definition) is 1. The normalized spacial score (nSPS) is 20.6. The lowest BCUT2D eigenvalue weighted by molar-refractivity contribution is 0.239. The topological polar surface area (TPSA) is 12.0 Å². The summed E-state index contributed by atoms with van der Waals surface area (Å²) in [4.78, 5) is 0. The van der Waals surface area contributed by atoms with Crippen molar-refractivity contribution < 1.29 is 0 Å². The van der Waals surface area contributed by atoms with Crippen LogP contribution in [-0.2, 0) is 0 Å². The smallest absolute Gasteiger partial charge is 0.0299 e. The lowest BCUT2D eigenvalue weighted by Crippen LogP contribution is -2.32. The molecule has 0 bridgehead atoms. The molecule has 0 spiro atoms. The molecular formula is C29H47N. The standard InChI is InChI=1S/C29H47N/c1-11-14-17-29(13-3)20-27(25(7)26(8)30-21-29)24(6)19-28(9,10)18-16-23(5)22(4)15-12-2/h12,15,30H,2,5-6,8,11,13-14,16-21H2,1,3-4,7,9-10H3/b22-15+. The molecule has 1 rings (SSSR count). The number of hydrogen-bond donors (Lipinski definition) is 1. The maximum Gasteiger partial charge on any atom is 0.0299 e. The predicted molar refractivity (Wildman–Crippen MR) is 137 cm³/mol. The largest absolute Gasteiger partial charge is 0.385 e. The van der Waals surface area contributed by atoms with Gasteiger partial charge in [-0.3, -0.25) is 0 Å². The average Bonchev–Trinajstić information content (AvgIpc) is 2.82. The van der Waals surface area contributed by atoms with Crippen LogP contribution in [0.1, 0.15) is 92.9 Å². The molecule has 0 radical (unpaired) electrons. The van der Waals surface area contributed by atoms with Crippen molar-refractivity contribution in [2.75, 3.05) is 6.54 Å². The summed E-state index contributed by atoms with van der Waals surface area (Å²) in [5.41, 5.74) is 8.04. The van der Waals surface area contributed by atoms with Crippen molar-refractivity contribution in [1.29, 1.82) is 0 Å². The molecule has 0 aromatic carbocycles. The Kier molecular flexibility index (Phi) is 10.1. The summed E-state index contributed by atoms with van der Waals surface area (Å²) >= 11 is 0. The van der Waals surface area contributed by atoms with E-state index in [1.54, 1.807) is 0 Å². The third-order valence-corrected chi connectivity index (χ3v) is 7.09. The molecule has 0 amide bonds. The summed E-state index contributed by atoms with van der Waals surface area (Å²) in [6.07, 6.45) is 13.1. The van der Waals surface area contributed by atoms with Crippen molar-refractivity contribution in [3.63, 3.8) is 0 Å². The highest BCUT2D eigenvalue weighted by Crippen LogP contribution is 2.44. The molecule has 0 saturated carbocycles. The highest BCUT2D eigenvalue weighted by Gasteiger charge is 2.33. The number of rotatable bonds is 12. The summed E-state index contributed by atoms with van der Waals surface area (Å²) in [5, 5.41) is 3.64. The minimum Gasteiger partial charge on any atom is -0.385 e. The van der Waals surface area contributed by atoms with Gasteiger partial charge in [0, 0.05) is 12.2 Å². The molecule has 0 aliphatic carbocycles. The monoisotopic (exact) mass is 409 g/mol. The second-order valence-electron chi connectivity index (χ2n) is 10.2. The van der Waals surface area contributed by atoms with E-state index in [4.69, 9.17) is 0 Å². The average molecular weight is 410 g/mol. The Bertz CT molecular complexity index is 713. The van der Waals surface area contributed by atoms with Gasteiger partial charge in [-0.05, 0) is 79.9 Å². The zero-order valence-electron chi connectivity index (χ0n) is 20.8. The second kappa shape index (κ2) is 11.6. The molecule has 1 atom stereocenters. The molecule has 1 N–H and O–H groups in total. The van der Waals surface area contributed by atoms with Gasteiger partial charge in [0.05, 0.1) is 0 Å². The van der Waals surface area contributed by atoms with Crippen LogP contribution in [0.15, 0.2) is 72.0 Å². The summed E-state index contributed by atoms with van der Waals surface area (Å²) in [7, 11) is 0. The van der Waals surface area contributed by atoms with E-state index in [0.29, 0.717) is 5.41 Å². The van der Waals surface area contributed by atoms with Crippen LogP contribution in [0.3, 0.4) is 0 Å². The van der Waals surface area contributed by atoms with E-state index in [2.05, 4.69) is 73.2 Å². The van der Waals surface area contributed by atoms with Gasteiger partial charge < -0.3 is 5.32 Å². The number of nitrogens with one attached hydrogen (secondary N) is 1. The van der Waals surface area contributed by atoms with E-state index in [9.17, 15) is 0 Å². The fourth-order valence-electron chi connectivity index (χ4n) is 4.48. The molecule has 1 aliphatic rings. The molecule has 1 heterocycles. The Morgan fingerprint density at radius 1 is 1.23 bits per heavy atom. The van der Waals surface area contributed by atoms with E-state index in [1.165, 1.54) is 53.5 Å². The lowest BCUT2D eigenvalue weighted by Gasteiger charge is -2.34. The van der Waals surface area contributed by atoms with E-state index >= 15 is 0 Å². The van der Waals surface area contributed by atoms with Crippen molar-refractivity contribution in [2.45, 2.75) is 92.9 Å². The highest BCUT2D eigenvalue weighted by atomic mass is 14.9. The van der Waals surface area contributed by atoms with Crippen molar-refractivity contribution >= 4 is 0 Å². The summed E-state index contributed by atoms with van der Waals surface area (Å²) in [6.45, 7) is 31.7. The molecule has 168 valence electrons. The van der Waals surface area contributed by atoms with Crippen molar-refractivity contribution in [3.05, 3.63) is 72.0 Å². The van der Waals surface area contributed by atoms with Crippen LogP contribution in [-0.4, -0.2) is 6.54 Å². The summed E-state index contributed by atoms with van der Waals surface area (Å²) in [6, 6.07) is 0. The quantitative estimate of drug-likeness (QED) is 0.317. The number of allylic oxidation sites excluding steroid dienone is 7. The van der Waals surface area contributed by atoms with Gasteiger partial charge in [0.25, 0.3) is 0 Å². The molecule has 0 fully saturated rings. The maximum atomic E-state index is 4.59. The zero-order chi connectivity index (χ0) is 22.9. The Balaban J connectivity index is 2.97. The third-order valence-electron chi connectivity index (χ3n) is 7.09. The zero-order valence-corrected chi connectivity index (χ0v) is 20.8. The summed E-state index contributed by atoms with van der Waals surface area (Å²) in [5.74, 6) is 0. The van der Waals surface area contributed by atoms with E-state index in [1.807, 2.05) is 12.2 Å². The van der Waals surface area contributed by atoms with E-state index in [0.717, 1.165) is 37.9 Å². The molecule has 1 unspecified atom stereocenters. The molecule has 1 aliphatic heterocycles. The first-order valence-corrected chi connectivity index (χ1v) is 11.8. The molecule has 30 heavy (non-hydrogen) atoms. The maximum absolute atomic E-state index is 4.59. The van der Waals surface area contributed by atoms with Gasteiger partial charge in [-0.15, -0.1) is 0 Å². The molecule has 1 nitrogen and oxygen atoms in total. The van der Waals surface area contributed by atoms with E-state index < -0.39 is 0 Å². The van der Waals surface area contributed by atoms with Gasteiger partial charge in [-0.1, -0.05) is 90.2 Å². The van der Waals surface area contributed by atoms with Crippen LogP contribution in [0.2, 0.25) is 0 Å². The van der Waals surface area contributed by atoms with Crippen LogP contribution in [0, 0.1) is 10.8 Å². The third kappa shape index (κ3) is 7.49. The first-order valence-electron chi connectivity index (χ1n) is 11.8. The highest BCUT2D eigenvalue weighted by molar-refractivity contribution is 5.43. The number of unbranched alkanes of at least 4 members (excludes halogenated alkanes) is 1. The Morgan fingerprint density at radius 3 is 2.47 bits per heavy atom. The van der Waals surface area contributed by atoms with Gasteiger partial charge in [0.2, 0.25) is 0 Å². The predicted octanol–water partition coefficient (Wildman–Crippen LogP) is 8.84. The minimum absolute atomic E-state index is 0.182. The Labute approximate surface area is 187 Å². The van der Waals surface area contributed by atoms with Gasteiger partial charge in [-0.2, -0.15) is 0 Å². The first kappa shape index (κ1) is 26.3. The van der Waals surface area contributed by atoms with Gasteiger partial charge in [0.15, 0.2) is 0 Å².